The minimum Gasteiger partial charge on any atom is -0.454 e. The fourth-order valence-electron chi connectivity index (χ4n) is 3.44. The molecule has 5 heteroatoms. The maximum Gasteiger partial charge on any atom is 0.339 e. The van der Waals surface area contributed by atoms with E-state index in [1.807, 2.05) is 48.5 Å². The van der Waals surface area contributed by atoms with E-state index in [9.17, 15) is 9.59 Å². The van der Waals surface area contributed by atoms with Crippen LogP contribution in [0.4, 0.5) is 0 Å². The molecule has 28 heavy (non-hydrogen) atoms. The number of carbonyl (C=O) groups excluding carboxylic acids is 2. The summed E-state index contributed by atoms with van der Waals surface area (Å²) in [6.45, 7) is 0.471. The van der Waals surface area contributed by atoms with Gasteiger partial charge in [0.25, 0.3) is 5.91 Å². The number of ether oxygens (including phenoxy) is 1. The number of amides is 1. The zero-order valence-electron chi connectivity index (χ0n) is 15.5. The maximum absolute atomic E-state index is 12.9. The van der Waals surface area contributed by atoms with Crippen LogP contribution in [0.5, 0.6) is 0 Å². The first-order valence-electron chi connectivity index (χ1n) is 9.15. The predicted molar refractivity (Wildman–Crippen MR) is 105 cm³/mol. The molecule has 1 aliphatic rings. The Hall–Kier alpha value is -3.47. The Morgan fingerprint density at radius 2 is 1.96 bits per heavy atom. The van der Waals surface area contributed by atoms with Crippen LogP contribution in [0.1, 0.15) is 43.5 Å². The predicted octanol–water partition coefficient (Wildman–Crippen LogP) is 3.81. The van der Waals surface area contributed by atoms with Crippen LogP contribution in [0.3, 0.4) is 0 Å². The molecule has 0 fully saturated rings. The van der Waals surface area contributed by atoms with Crippen LogP contribution in [0.25, 0.3) is 0 Å². The van der Waals surface area contributed by atoms with Crippen molar-refractivity contribution in [2.45, 2.75) is 19.1 Å². The van der Waals surface area contributed by atoms with Gasteiger partial charge in [0.15, 0.2) is 0 Å². The first-order valence-corrected chi connectivity index (χ1v) is 9.15. The van der Waals surface area contributed by atoms with Crippen LogP contribution in [0.2, 0.25) is 0 Å². The highest BCUT2D eigenvalue weighted by Crippen LogP contribution is 2.31. The van der Waals surface area contributed by atoms with Gasteiger partial charge in [-0.3, -0.25) is 9.78 Å². The minimum absolute atomic E-state index is 0.0955. The molecular weight excluding hydrogens is 352 g/mol. The molecule has 2 aromatic carbocycles. The summed E-state index contributed by atoms with van der Waals surface area (Å²) < 4.78 is 5.58. The Bertz CT molecular complexity index is 1000. The van der Waals surface area contributed by atoms with Gasteiger partial charge in [-0.25, -0.2) is 4.79 Å². The maximum atomic E-state index is 12.9. The van der Waals surface area contributed by atoms with E-state index in [0.29, 0.717) is 24.1 Å². The number of pyridine rings is 1. The van der Waals surface area contributed by atoms with Crippen LogP contribution in [-0.2, 0) is 17.7 Å². The van der Waals surface area contributed by atoms with Gasteiger partial charge >= 0.3 is 5.97 Å². The van der Waals surface area contributed by atoms with Gasteiger partial charge in [-0.1, -0.05) is 36.4 Å². The molecule has 0 radical (unpaired) electrons. The molecule has 0 saturated heterocycles. The van der Waals surface area contributed by atoms with Gasteiger partial charge in [0, 0.05) is 38.0 Å². The van der Waals surface area contributed by atoms with Crippen molar-refractivity contribution < 1.29 is 14.3 Å². The van der Waals surface area contributed by atoms with E-state index in [1.165, 1.54) is 0 Å². The summed E-state index contributed by atoms with van der Waals surface area (Å²) >= 11 is 0. The van der Waals surface area contributed by atoms with Gasteiger partial charge in [0.1, 0.15) is 6.10 Å². The highest BCUT2D eigenvalue weighted by Gasteiger charge is 2.28. The molecule has 3 aromatic rings. The third-order valence-corrected chi connectivity index (χ3v) is 4.89. The average molecular weight is 372 g/mol. The molecular formula is C23H20N2O3. The van der Waals surface area contributed by atoms with Crippen LogP contribution in [-0.4, -0.2) is 28.8 Å². The molecule has 0 bridgehead atoms. The minimum atomic E-state index is -0.349. The van der Waals surface area contributed by atoms with Gasteiger partial charge in [-0.2, -0.15) is 0 Å². The lowest BCUT2D eigenvalue weighted by Gasteiger charge is -2.26. The third kappa shape index (κ3) is 3.64. The number of fused-ring (bicyclic) bond motifs is 1. The Morgan fingerprint density at radius 3 is 2.71 bits per heavy atom. The molecule has 1 atom stereocenters. The van der Waals surface area contributed by atoms with Gasteiger partial charge < -0.3 is 9.64 Å². The molecule has 0 saturated carbocycles. The molecule has 0 N–H and O–H groups in total. The SMILES string of the molecule is CN(Cc1cccnc1)C(=O)c1ccc2c(c1)CC(c1ccccc1)OC2=O. The first kappa shape index (κ1) is 17.9. The van der Waals surface area contributed by atoms with E-state index in [4.69, 9.17) is 4.74 Å². The zero-order chi connectivity index (χ0) is 19.5. The molecule has 1 unspecified atom stereocenters. The summed E-state index contributed by atoms with van der Waals surface area (Å²) in [5.74, 6) is -0.445. The molecule has 1 amide bonds. The summed E-state index contributed by atoms with van der Waals surface area (Å²) in [6.07, 6.45) is 3.67. The van der Waals surface area contributed by atoms with E-state index >= 15 is 0 Å². The zero-order valence-corrected chi connectivity index (χ0v) is 15.5. The molecule has 4 rings (SSSR count). The largest absolute Gasteiger partial charge is 0.454 e. The molecule has 0 spiro atoms. The Labute approximate surface area is 163 Å². The highest BCUT2D eigenvalue weighted by molar-refractivity contribution is 5.97. The lowest BCUT2D eigenvalue weighted by atomic mass is 9.93. The second-order valence-corrected chi connectivity index (χ2v) is 6.90. The topological polar surface area (TPSA) is 59.5 Å². The van der Waals surface area contributed by atoms with Crippen LogP contribution in [0, 0.1) is 0 Å². The van der Waals surface area contributed by atoms with Crippen LogP contribution >= 0.6 is 0 Å². The molecule has 1 aliphatic heterocycles. The summed E-state index contributed by atoms with van der Waals surface area (Å²) in [4.78, 5) is 31.0. The normalized spacial score (nSPS) is 15.5. The number of aromatic nitrogens is 1. The summed E-state index contributed by atoms with van der Waals surface area (Å²) in [5.41, 5.74) is 3.84. The number of carbonyl (C=O) groups is 2. The third-order valence-electron chi connectivity index (χ3n) is 4.89. The monoisotopic (exact) mass is 372 g/mol. The number of cyclic esters (lactones) is 1. The van der Waals surface area contributed by atoms with E-state index in [-0.39, 0.29) is 18.0 Å². The summed E-state index contributed by atoms with van der Waals surface area (Å²) in [5, 5.41) is 0. The fourth-order valence-corrected chi connectivity index (χ4v) is 3.44. The second kappa shape index (κ2) is 7.64. The second-order valence-electron chi connectivity index (χ2n) is 6.90. The number of hydrogen-bond donors (Lipinski definition) is 0. The van der Waals surface area contributed by atoms with Gasteiger partial charge in [0.2, 0.25) is 0 Å². The van der Waals surface area contributed by atoms with E-state index in [0.717, 1.165) is 16.7 Å². The van der Waals surface area contributed by atoms with Crippen molar-refractivity contribution in [2.24, 2.45) is 0 Å². The quantitative estimate of drug-likeness (QED) is 0.654. The number of nitrogens with zero attached hydrogens (tertiary/aromatic N) is 2. The van der Waals surface area contributed by atoms with Crippen molar-refractivity contribution >= 4 is 11.9 Å². The first-order chi connectivity index (χ1) is 13.6. The Kier molecular flexibility index (Phi) is 4.89. The van der Waals surface area contributed by atoms with Crippen LogP contribution < -0.4 is 0 Å². The van der Waals surface area contributed by atoms with Crippen molar-refractivity contribution in [3.63, 3.8) is 0 Å². The van der Waals surface area contributed by atoms with Gasteiger partial charge in [0.05, 0.1) is 5.56 Å². The Morgan fingerprint density at radius 1 is 1.14 bits per heavy atom. The molecule has 1 aromatic heterocycles. The van der Waals surface area contributed by atoms with Crippen molar-refractivity contribution in [1.82, 2.24) is 9.88 Å². The molecule has 5 nitrogen and oxygen atoms in total. The lowest BCUT2D eigenvalue weighted by molar-refractivity contribution is 0.0252. The van der Waals surface area contributed by atoms with Crippen molar-refractivity contribution in [2.75, 3.05) is 7.05 Å². The van der Waals surface area contributed by atoms with E-state index in [2.05, 4.69) is 4.98 Å². The average Bonchev–Trinajstić information content (AvgIpc) is 2.74. The number of rotatable bonds is 4. The van der Waals surface area contributed by atoms with Gasteiger partial charge in [-0.15, -0.1) is 0 Å². The highest BCUT2D eigenvalue weighted by atomic mass is 16.5. The van der Waals surface area contributed by atoms with Crippen molar-refractivity contribution in [3.8, 4) is 0 Å². The summed E-state index contributed by atoms with van der Waals surface area (Å²) in [7, 11) is 1.76. The van der Waals surface area contributed by atoms with Crippen molar-refractivity contribution in [1.29, 1.82) is 0 Å². The lowest BCUT2D eigenvalue weighted by Crippen LogP contribution is -2.27. The molecule has 0 aliphatic carbocycles. The smallest absolute Gasteiger partial charge is 0.339 e. The number of esters is 1. The van der Waals surface area contributed by atoms with Crippen LogP contribution in [0.15, 0.2) is 73.1 Å². The molecule has 2 heterocycles. The number of benzene rings is 2. The Balaban J connectivity index is 1.56. The van der Waals surface area contributed by atoms with E-state index in [1.54, 1.807) is 36.5 Å². The fraction of sp³-hybridized carbons (Fsp3) is 0.174. The summed E-state index contributed by atoms with van der Waals surface area (Å²) in [6, 6.07) is 18.6. The van der Waals surface area contributed by atoms with E-state index < -0.39 is 0 Å². The van der Waals surface area contributed by atoms with Crippen molar-refractivity contribution in [3.05, 3.63) is 101 Å². The standard InChI is InChI=1S/C23H20N2O3/c1-25(15-16-6-5-11-24-14-16)22(26)18-9-10-20-19(12-18)13-21(28-23(20)27)17-7-3-2-4-8-17/h2-12,14,21H,13,15H2,1H3. The number of hydrogen-bond acceptors (Lipinski definition) is 4. The molecule has 140 valence electrons. The van der Waals surface area contributed by atoms with Gasteiger partial charge in [-0.05, 0) is 41.0 Å².